The van der Waals surface area contributed by atoms with E-state index in [0.717, 1.165) is 16.7 Å². The number of ether oxygens (including phenoxy) is 1. The van der Waals surface area contributed by atoms with Gasteiger partial charge in [-0.3, -0.25) is 4.79 Å². The van der Waals surface area contributed by atoms with Crippen LogP contribution in [0.25, 0.3) is 0 Å². The van der Waals surface area contributed by atoms with Crippen LogP contribution in [0.5, 0.6) is 5.75 Å². The second-order valence-corrected chi connectivity index (χ2v) is 6.35. The van der Waals surface area contributed by atoms with Gasteiger partial charge in [-0.25, -0.2) is 4.79 Å². The van der Waals surface area contributed by atoms with Gasteiger partial charge in [0.1, 0.15) is 5.75 Å². The maximum Gasteiger partial charge on any atom is 0.343 e. The Morgan fingerprint density at radius 2 is 1.27 bits per heavy atom. The first-order valence-electron chi connectivity index (χ1n) is 8.46. The molecular weight excluding hydrogens is 324 g/mol. The Balaban J connectivity index is 1.99. The standard InChI is InChI=1S/C23H20O3/c1-15-12-13-21(26-23(25)19-11-7-5-9-17(19)3)20(14-15)22(24)18-10-6-4-8-16(18)2/h4-14H,1-3H3. The number of ketones is 1. The van der Waals surface area contributed by atoms with E-state index in [1.807, 2.05) is 57.2 Å². The van der Waals surface area contributed by atoms with Crippen LogP contribution in [-0.4, -0.2) is 11.8 Å². The van der Waals surface area contributed by atoms with Crippen molar-refractivity contribution in [3.63, 3.8) is 0 Å². The van der Waals surface area contributed by atoms with Crippen molar-refractivity contribution in [1.29, 1.82) is 0 Å². The fourth-order valence-electron chi connectivity index (χ4n) is 2.84. The first kappa shape index (κ1) is 17.6. The lowest BCUT2D eigenvalue weighted by atomic mass is 9.97. The summed E-state index contributed by atoms with van der Waals surface area (Å²) in [6.07, 6.45) is 0. The van der Waals surface area contributed by atoms with E-state index < -0.39 is 5.97 Å². The number of hydrogen-bond donors (Lipinski definition) is 0. The van der Waals surface area contributed by atoms with Crippen LogP contribution in [0.4, 0.5) is 0 Å². The third-order valence-electron chi connectivity index (χ3n) is 4.34. The molecule has 0 aliphatic heterocycles. The minimum Gasteiger partial charge on any atom is -0.422 e. The normalized spacial score (nSPS) is 10.4. The largest absolute Gasteiger partial charge is 0.422 e. The van der Waals surface area contributed by atoms with E-state index in [1.165, 1.54) is 0 Å². The molecule has 3 rings (SSSR count). The van der Waals surface area contributed by atoms with Crippen molar-refractivity contribution in [2.45, 2.75) is 20.8 Å². The zero-order valence-corrected chi connectivity index (χ0v) is 15.1. The lowest BCUT2D eigenvalue weighted by Gasteiger charge is -2.12. The maximum atomic E-state index is 13.0. The van der Waals surface area contributed by atoms with Gasteiger partial charge in [0.05, 0.1) is 11.1 Å². The van der Waals surface area contributed by atoms with Crippen molar-refractivity contribution in [3.05, 3.63) is 100 Å². The van der Waals surface area contributed by atoms with Crippen LogP contribution in [0.15, 0.2) is 66.7 Å². The number of aryl methyl sites for hydroxylation is 3. The molecule has 0 bridgehead atoms. The molecule has 0 amide bonds. The van der Waals surface area contributed by atoms with E-state index in [1.54, 1.807) is 30.3 Å². The molecule has 3 heteroatoms. The van der Waals surface area contributed by atoms with E-state index in [9.17, 15) is 9.59 Å². The van der Waals surface area contributed by atoms with Crippen LogP contribution in [0, 0.1) is 20.8 Å². The van der Waals surface area contributed by atoms with Crippen LogP contribution in [0.3, 0.4) is 0 Å². The van der Waals surface area contributed by atoms with Crippen molar-refractivity contribution < 1.29 is 14.3 Å². The average Bonchev–Trinajstić information content (AvgIpc) is 2.63. The Labute approximate surface area is 153 Å². The van der Waals surface area contributed by atoms with E-state index in [0.29, 0.717) is 16.7 Å². The molecule has 0 aliphatic rings. The Bertz CT molecular complexity index is 986. The van der Waals surface area contributed by atoms with Gasteiger partial charge in [0.15, 0.2) is 5.78 Å². The molecule has 0 heterocycles. The zero-order valence-electron chi connectivity index (χ0n) is 15.1. The lowest BCUT2D eigenvalue weighted by Crippen LogP contribution is -2.14. The van der Waals surface area contributed by atoms with Crippen molar-refractivity contribution in [1.82, 2.24) is 0 Å². The summed E-state index contributed by atoms with van der Waals surface area (Å²) >= 11 is 0. The molecule has 130 valence electrons. The van der Waals surface area contributed by atoms with Crippen molar-refractivity contribution in [2.24, 2.45) is 0 Å². The quantitative estimate of drug-likeness (QED) is 0.377. The summed E-state index contributed by atoms with van der Waals surface area (Å²) in [7, 11) is 0. The van der Waals surface area contributed by atoms with Gasteiger partial charge in [-0.05, 0) is 50.1 Å². The summed E-state index contributed by atoms with van der Waals surface area (Å²) < 4.78 is 5.59. The van der Waals surface area contributed by atoms with Crippen LogP contribution >= 0.6 is 0 Å². The number of benzene rings is 3. The van der Waals surface area contributed by atoms with Gasteiger partial charge in [-0.15, -0.1) is 0 Å². The Kier molecular flexibility index (Phi) is 4.99. The fourth-order valence-corrected chi connectivity index (χ4v) is 2.84. The molecule has 0 aromatic heterocycles. The first-order chi connectivity index (χ1) is 12.5. The highest BCUT2D eigenvalue weighted by atomic mass is 16.5. The van der Waals surface area contributed by atoms with Gasteiger partial charge in [0.25, 0.3) is 0 Å². The maximum absolute atomic E-state index is 13.0. The summed E-state index contributed by atoms with van der Waals surface area (Å²) in [6, 6.07) is 19.9. The molecule has 0 saturated carbocycles. The van der Waals surface area contributed by atoms with Gasteiger partial charge >= 0.3 is 5.97 Å². The van der Waals surface area contributed by atoms with Crippen molar-refractivity contribution in [2.75, 3.05) is 0 Å². The molecule has 3 aromatic rings. The summed E-state index contributed by atoms with van der Waals surface area (Å²) in [5.74, 6) is -0.345. The number of carbonyl (C=O) groups is 2. The highest BCUT2D eigenvalue weighted by Crippen LogP contribution is 2.26. The predicted octanol–water partition coefficient (Wildman–Crippen LogP) is 5.06. The molecule has 0 aliphatic carbocycles. The van der Waals surface area contributed by atoms with Crippen LogP contribution < -0.4 is 4.74 Å². The van der Waals surface area contributed by atoms with E-state index in [2.05, 4.69) is 0 Å². The Hall–Kier alpha value is -3.20. The third-order valence-corrected chi connectivity index (χ3v) is 4.34. The third kappa shape index (κ3) is 3.57. The second-order valence-electron chi connectivity index (χ2n) is 6.35. The highest BCUT2D eigenvalue weighted by Gasteiger charge is 2.20. The minimum atomic E-state index is -0.467. The fraction of sp³-hybridized carbons (Fsp3) is 0.130. The summed E-state index contributed by atoms with van der Waals surface area (Å²) in [6.45, 7) is 5.65. The topological polar surface area (TPSA) is 43.4 Å². The van der Waals surface area contributed by atoms with Crippen LogP contribution in [0.1, 0.15) is 43.0 Å². The van der Waals surface area contributed by atoms with Crippen LogP contribution in [-0.2, 0) is 0 Å². The lowest BCUT2D eigenvalue weighted by molar-refractivity contribution is 0.0732. The molecule has 26 heavy (non-hydrogen) atoms. The monoisotopic (exact) mass is 344 g/mol. The number of carbonyl (C=O) groups excluding carboxylic acids is 2. The summed E-state index contributed by atoms with van der Waals surface area (Å²) in [4.78, 5) is 25.6. The number of hydrogen-bond acceptors (Lipinski definition) is 3. The van der Waals surface area contributed by atoms with E-state index in [-0.39, 0.29) is 11.5 Å². The first-order valence-corrected chi connectivity index (χ1v) is 8.46. The molecule has 0 atom stereocenters. The summed E-state index contributed by atoms with van der Waals surface area (Å²) in [5.41, 5.74) is 4.12. The van der Waals surface area contributed by atoms with Gasteiger partial charge < -0.3 is 4.74 Å². The molecular formula is C23H20O3. The predicted molar refractivity (Wildman–Crippen MR) is 102 cm³/mol. The van der Waals surface area contributed by atoms with Crippen LogP contribution in [0.2, 0.25) is 0 Å². The summed E-state index contributed by atoms with van der Waals surface area (Å²) in [5, 5.41) is 0. The molecule has 0 spiro atoms. The molecule has 0 fully saturated rings. The van der Waals surface area contributed by atoms with E-state index >= 15 is 0 Å². The van der Waals surface area contributed by atoms with Gasteiger partial charge in [-0.2, -0.15) is 0 Å². The molecule has 0 saturated heterocycles. The van der Waals surface area contributed by atoms with Gasteiger partial charge in [-0.1, -0.05) is 54.1 Å². The van der Waals surface area contributed by atoms with Gasteiger partial charge in [0.2, 0.25) is 0 Å². The minimum absolute atomic E-state index is 0.153. The number of rotatable bonds is 4. The zero-order chi connectivity index (χ0) is 18.7. The highest BCUT2D eigenvalue weighted by molar-refractivity contribution is 6.12. The Morgan fingerprint density at radius 1 is 0.692 bits per heavy atom. The second kappa shape index (κ2) is 7.36. The molecule has 3 nitrogen and oxygen atoms in total. The van der Waals surface area contributed by atoms with Crippen molar-refractivity contribution in [3.8, 4) is 5.75 Å². The van der Waals surface area contributed by atoms with Crippen molar-refractivity contribution >= 4 is 11.8 Å². The smallest absolute Gasteiger partial charge is 0.343 e. The molecule has 0 N–H and O–H groups in total. The average molecular weight is 344 g/mol. The SMILES string of the molecule is Cc1ccc(OC(=O)c2ccccc2C)c(C(=O)c2ccccc2C)c1. The number of esters is 1. The Morgan fingerprint density at radius 3 is 1.88 bits per heavy atom. The van der Waals surface area contributed by atoms with E-state index in [4.69, 9.17) is 4.74 Å². The van der Waals surface area contributed by atoms with Gasteiger partial charge in [0, 0.05) is 5.56 Å². The molecule has 3 aromatic carbocycles. The molecule has 0 radical (unpaired) electrons. The molecule has 0 unspecified atom stereocenters.